The predicted octanol–water partition coefficient (Wildman–Crippen LogP) is 3.39. The molecular weight excluding hydrogens is 208 g/mol. The van der Waals surface area contributed by atoms with E-state index in [2.05, 4.69) is 0 Å². The molecule has 1 heterocycles. The molecule has 2 rings (SSSR count). The molecule has 0 amide bonds. The van der Waals surface area contributed by atoms with Gasteiger partial charge in [-0.2, -0.15) is 0 Å². The molecule has 1 aromatic heterocycles. The summed E-state index contributed by atoms with van der Waals surface area (Å²) in [5.74, 6) is -0.227. The molecule has 0 saturated carbocycles. The monoisotopic (exact) mass is 220 g/mol. The van der Waals surface area contributed by atoms with E-state index in [-0.39, 0.29) is 5.97 Å². The van der Waals surface area contributed by atoms with E-state index in [1.165, 1.54) is 0 Å². The molecule has 0 aliphatic heterocycles. The molecule has 0 N–H and O–H groups in total. The number of rotatable bonds is 2. The van der Waals surface area contributed by atoms with Gasteiger partial charge in [-0.3, -0.25) is 0 Å². The number of ether oxygens (including phenoxy) is 1. The highest BCUT2D eigenvalue weighted by Crippen LogP contribution is 2.27. The summed E-state index contributed by atoms with van der Waals surface area (Å²) in [7, 11) is 0. The van der Waals surface area contributed by atoms with Crippen molar-refractivity contribution >= 4 is 27.4 Å². The largest absolute Gasteiger partial charge is 0.462 e. The molecule has 2 nitrogen and oxygen atoms in total. The second kappa shape index (κ2) is 4.03. The van der Waals surface area contributed by atoms with Gasteiger partial charge in [0.05, 0.1) is 12.2 Å². The molecule has 3 heteroatoms. The van der Waals surface area contributed by atoms with E-state index in [9.17, 15) is 4.79 Å². The second-order valence-electron chi connectivity index (χ2n) is 3.37. The molecule has 0 aliphatic rings. The number of fused-ring (bicyclic) bond motifs is 1. The van der Waals surface area contributed by atoms with Crippen molar-refractivity contribution in [2.45, 2.75) is 13.8 Å². The van der Waals surface area contributed by atoms with E-state index in [0.717, 1.165) is 15.6 Å². The van der Waals surface area contributed by atoms with E-state index >= 15 is 0 Å². The topological polar surface area (TPSA) is 26.3 Å². The minimum Gasteiger partial charge on any atom is -0.462 e. The summed E-state index contributed by atoms with van der Waals surface area (Å²) in [6.45, 7) is 4.26. The molecule has 78 valence electrons. The molecule has 2 aromatic rings. The van der Waals surface area contributed by atoms with Gasteiger partial charge in [0.15, 0.2) is 0 Å². The fourth-order valence-electron chi connectivity index (χ4n) is 1.51. The van der Waals surface area contributed by atoms with E-state index in [1.54, 1.807) is 11.3 Å². The van der Waals surface area contributed by atoms with Crippen molar-refractivity contribution in [2.75, 3.05) is 6.61 Å². The minimum atomic E-state index is -0.227. The highest BCUT2D eigenvalue weighted by molar-refractivity contribution is 7.17. The SMILES string of the molecule is CCOC(=O)c1csc2ccc(C)cc12. The van der Waals surface area contributed by atoms with Gasteiger partial charge in [0, 0.05) is 15.5 Å². The molecule has 1 aromatic carbocycles. The molecule has 0 aliphatic carbocycles. The zero-order valence-corrected chi connectivity index (χ0v) is 9.56. The van der Waals surface area contributed by atoms with Crippen molar-refractivity contribution < 1.29 is 9.53 Å². The van der Waals surface area contributed by atoms with Crippen LogP contribution in [0.5, 0.6) is 0 Å². The quantitative estimate of drug-likeness (QED) is 0.725. The third-order valence-corrected chi connectivity index (χ3v) is 3.19. The summed E-state index contributed by atoms with van der Waals surface area (Å²) in [5, 5.41) is 2.86. The van der Waals surface area contributed by atoms with Crippen molar-refractivity contribution in [1.82, 2.24) is 0 Å². The van der Waals surface area contributed by atoms with Crippen LogP contribution in [0.4, 0.5) is 0 Å². The van der Waals surface area contributed by atoms with Gasteiger partial charge in [0.25, 0.3) is 0 Å². The molecule has 0 radical (unpaired) electrons. The maximum atomic E-state index is 11.6. The van der Waals surface area contributed by atoms with Gasteiger partial charge in [-0.05, 0) is 26.0 Å². The fraction of sp³-hybridized carbons (Fsp3) is 0.250. The van der Waals surface area contributed by atoms with E-state index in [1.807, 2.05) is 37.4 Å². The number of carbonyl (C=O) groups excluding carboxylic acids is 1. The van der Waals surface area contributed by atoms with Crippen LogP contribution in [-0.2, 0) is 4.74 Å². The van der Waals surface area contributed by atoms with Crippen LogP contribution in [-0.4, -0.2) is 12.6 Å². The van der Waals surface area contributed by atoms with Crippen molar-refractivity contribution in [1.29, 1.82) is 0 Å². The number of carbonyl (C=O) groups is 1. The zero-order valence-electron chi connectivity index (χ0n) is 8.74. The molecular formula is C12H12O2S. The van der Waals surface area contributed by atoms with Gasteiger partial charge in [-0.1, -0.05) is 11.6 Å². The number of thiophene rings is 1. The Morgan fingerprint density at radius 2 is 2.27 bits per heavy atom. The molecule has 0 bridgehead atoms. The first-order valence-corrected chi connectivity index (χ1v) is 5.75. The average Bonchev–Trinajstić information content (AvgIpc) is 2.60. The lowest BCUT2D eigenvalue weighted by Gasteiger charge is -2.00. The molecule has 15 heavy (non-hydrogen) atoms. The Morgan fingerprint density at radius 1 is 1.47 bits per heavy atom. The second-order valence-corrected chi connectivity index (χ2v) is 4.28. The van der Waals surface area contributed by atoms with Crippen LogP contribution >= 0.6 is 11.3 Å². The van der Waals surface area contributed by atoms with Gasteiger partial charge < -0.3 is 4.74 Å². The predicted molar refractivity (Wildman–Crippen MR) is 62.5 cm³/mol. The summed E-state index contributed by atoms with van der Waals surface area (Å²) < 4.78 is 6.13. The van der Waals surface area contributed by atoms with Gasteiger partial charge in [-0.15, -0.1) is 11.3 Å². The third-order valence-electron chi connectivity index (χ3n) is 2.22. The highest BCUT2D eigenvalue weighted by Gasteiger charge is 2.12. The maximum absolute atomic E-state index is 11.6. The standard InChI is InChI=1S/C12H12O2S/c1-3-14-12(13)10-7-15-11-5-4-8(2)6-9(10)11/h4-7H,3H2,1-2H3. The molecule has 0 atom stereocenters. The Bertz CT molecular complexity index is 499. The van der Waals surface area contributed by atoms with Crippen LogP contribution < -0.4 is 0 Å². The van der Waals surface area contributed by atoms with Crippen molar-refractivity contribution in [3.8, 4) is 0 Å². The number of hydrogen-bond acceptors (Lipinski definition) is 3. The van der Waals surface area contributed by atoms with Gasteiger partial charge in [0.1, 0.15) is 0 Å². The van der Waals surface area contributed by atoms with Crippen molar-refractivity contribution in [2.24, 2.45) is 0 Å². The van der Waals surface area contributed by atoms with Gasteiger partial charge in [-0.25, -0.2) is 4.79 Å². The lowest BCUT2D eigenvalue weighted by atomic mass is 10.1. The lowest BCUT2D eigenvalue weighted by molar-refractivity contribution is 0.0529. The Hall–Kier alpha value is -1.35. The molecule has 0 unspecified atom stereocenters. The molecule has 0 spiro atoms. The first kappa shape index (κ1) is 10.2. The van der Waals surface area contributed by atoms with Crippen LogP contribution in [0.25, 0.3) is 10.1 Å². The number of hydrogen-bond donors (Lipinski definition) is 0. The Balaban J connectivity index is 2.52. The Kier molecular flexibility index (Phi) is 2.73. The molecule has 0 saturated heterocycles. The van der Waals surface area contributed by atoms with Gasteiger partial charge >= 0.3 is 5.97 Å². The minimum absolute atomic E-state index is 0.227. The van der Waals surface area contributed by atoms with Crippen LogP contribution in [0, 0.1) is 6.92 Å². The third kappa shape index (κ3) is 1.88. The zero-order chi connectivity index (χ0) is 10.8. The summed E-state index contributed by atoms with van der Waals surface area (Å²) in [5.41, 5.74) is 1.84. The van der Waals surface area contributed by atoms with Crippen molar-refractivity contribution in [3.05, 3.63) is 34.7 Å². The lowest BCUT2D eigenvalue weighted by Crippen LogP contribution is -2.03. The Labute approximate surface area is 92.5 Å². The fourth-order valence-corrected chi connectivity index (χ4v) is 2.42. The highest BCUT2D eigenvalue weighted by atomic mass is 32.1. The summed E-state index contributed by atoms with van der Waals surface area (Å²) >= 11 is 1.58. The van der Waals surface area contributed by atoms with E-state index in [4.69, 9.17) is 4.74 Å². The normalized spacial score (nSPS) is 10.5. The van der Waals surface area contributed by atoms with Crippen LogP contribution in [0.15, 0.2) is 23.6 Å². The summed E-state index contributed by atoms with van der Waals surface area (Å²) in [6, 6.07) is 6.11. The van der Waals surface area contributed by atoms with E-state index in [0.29, 0.717) is 12.2 Å². The first-order chi connectivity index (χ1) is 7.22. The molecule has 0 fully saturated rings. The van der Waals surface area contributed by atoms with Crippen molar-refractivity contribution in [3.63, 3.8) is 0 Å². The maximum Gasteiger partial charge on any atom is 0.339 e. The average molecular weight is 220 g/mol. The number of aryl methyl sites for hydroxylation is 1. The van der Waals surface area contributed by atoms with E-state index < -0.39 is 0 Å². The summed E-state index contributed by atoms with van der Waals surface area (Å²) in [4.78, 5) is 11.6. The first-order valence-electron chi connectivity index (χ1n) is 4.87. The van der Waals surface area contributed by atoms with Crippen LogP contribution in [0.1, 0.15) is 22.8 Å². The smallest absolute Gasteiger partial charge is 0.339 e. The number of esters is 1. The number of benzene rings is 1. The van der Waals surface area contributed by atoms with Crippen LogP contribution in [0.3, 0.4) is 0 Å². The van der Waals surface area contributed by atoms with Crippen LogP contribution in [0.2, 0.25) is 0 Å². The Morgan fingerprint density at radius 3 is 3.00 bits per heavy atom. The summed E-state index contributed by atoms with van der Waals surface area (Å²) in [6.07, 6.45) is 0. The van der Waals surface area contributed by atoms with Gasteiger partial charge in [0.2, 0.25) is 0 Å².